The lowest BCUT2D eigenvalue weighted by Gasteiger charge is -2.33. The second kappa shape index (κ2) is 8.34. The molecule has 1 aromatic heterocycles. The van der Waals surface area contributed by atoms with Gasteiger partial charge in [0.2, 0.25) is 0 Å². The Hall–Kier alpha value is -2.56. The molecule has 1 saturated heterocycles. The van der Waals surface area contributed by atoms with Crippen LogP contribution in [0, 0.1) is 0 Å². The van der Waals surface area contributed by atoms with Gasteiger partial charge in [0, 0.05) is 26.2 Å². The van der Waals surface area contributed by atoms with Crippen molar-refractivity contribution in [2.24, 2.45) is 16.5 Å². The van der Waals surface area contributed by atoms with Crippen molar-refractivity contribution in [2.45, 2.75) is 6.18 Å². The van der Waals surface area contributed by atoms with Crippen molar-refractivity contribution in [3.63, 3.8) is 0 Å². The summed E-state index contributed by atoms with van der Waals surface area (Å²) < 4.78 is 31.7. The Morgan fingerprint density at radius 1 is 1.25 bits per heavy atom. The number of guanidine groups is 1. The number of hydrogen-bond donors (Lipinski definition) is 3. The van der Waals surface area contributed by atoms with E-state index in [-0.39, 0.29) is 5.96 Å². The molecule has 0 spiro atoms. The van der Waals surface area contributed by atoms with Gasteiger partial charge in [-0.15, -0.1) is 0 Å². The maximum atomic E-state index is 10.6. The van der Waals surface area contributed by atoms with E-state index in [0.29, 0.717) is 5.82 Å². The molecule has 0 atom stereocenters. The van der Waals surface area contributed by atoms with Crippen molar-refractivity contribution in [3.05, 3.63) is 18.3 Å². The first-order chi connectivity index (χ1) is 11.1. The van der Waals surface area contributed by atoms with Crippen LogP contribution in [0.1, 0.15) is 0 Å². The Labute approximate surface area is 136 Å². The number of carboxylic acids is 1. The quantitative estimate of drug-likeness (QED) is 0.521. The number of nitrogens with two attached hydrogens (primary N) is 2. The first kappa shape index (κ1) is 19.5. The van der Waals surface area contributed by atoms with Gasteiger partial charge < -0.3 is 26.4 Å². The SMILES string of the molecule is CN1CCN(c2ccc(N=C(N)N)nc2)CC1.O=C(O)C(F)(F)F. The first-order valence-corrected chi connectivity index (χ1v) is 6.89. The number of aliphatic carboxylic acids is 1. The molecule has 5 N–H and O–H groups in total. The van der Waals surface area contributed by atoms with E-state index in [1.807, 2.05) is 18.3 Å². The highest BCUT2D eigenvalue weighted by atomic mass is 19.4. The maximum Gasteiger partial charge on any atom is 0.490 e. The van der Waals surface area contributed by atoms with E-state index < -0.39 is 12.1 Å². The number of hydrogen-bond acceptors (Lipinski definition) is 5. The van der Waals surface area contributed by atoms with Crippen LogP contribution < -0.4 is 16.4 Å². The van der Waals surface area contributed by atoms with Gasteiger partial charge in [0.05, 0.1) is 11.9 Å². The highest BCUT2D eigenvalue weighted by Gasteiger charge is 2.38. The summed E-state index contributed by atoms with van der Waals surface area (Å²) >= 11 is 0. The van der Waals surface area contributed by atoms with Gasteiger partial charge in [0.25, 0.3) is 0 Å². The molecule has 1 aliphatic rings. The molecule has 1 aromatic rings. The first-order valence-electron chi connectivity index (χ1n) is 6.89. The number of anilines is 1. The summed E-state index contributed by atoms with van der Waals surface area (Å²) in [7, 11) is 2.14. The van der Waals surface area contributed by atoms with Gasteiger partial charge in [0.1, 0.15) is 0 Å². The smallest absolute Gasteiger partial charge is 0.475 e. The average Bonchev–Trinajstić information content (AvgIpc) is 2.48. The monoisotopic (exact) mass is 348 g/mol. The zero-order valence-electron chi connectivity index (χ0n) is 13.0. The Bertz CT molecular complexity index is 564. The molecule has 24 heavy (non-hydrogen) atoms. The lowest BCUT2D eigenvalue weighted by Crippen LogP contribution is -2.44. The zero-order valence-corrected chi connectivity index (χ0v) is 13.0. The van der Waals surface area contributed by atoms with Gasteiger partial charge in [0.15, 0.2) is 11.8 Å². The number of pyridine rings is 1. The highest BCUT2D eigenvalue weighted by Crippen LogP contribution is 2.17. The second-order valence-electron chi connectivity index (χ2n) is 5.00. The normalized spacial score (nSPS) is 15.2. The summed E-state index contributed by atoms with van der Waals surface area (Å²) in [5, 5.41) is 7.12. The second-order valence-corrected chi connectivity index (χ2v) is 5.00. The van der Waals surface area contributed by atoms with Crippen molar-refractivity contribution in [3.8, 4) is 0 Å². The van der Waals surface area contributed by atoms with Crippen LogP contribution in [0.5, 0.6) is 0 Å². The average molecular weight is 348 g/mol. The Morgan fingerprint density at radius 3 is 2.17 bits per heavy atom. The molecule has 0 aliphatic carbocycles. The molecule has 0 radical (unpaired) electrons. The van der Waals surface area contributed by atoms with Crippen LogP contribution in [-0.2, 0) is 4.79 Å². The number of aromatic nitrogens is 1. The van der Waals surface area contributed by atoms with E-state index in [1.165, 1.54) is 0 Å². The van der Waals surface area contributed by atoms with Crippen LogP contribution in [0.4, 0.5) is 24.7 Å². The largest absolute Gasteiger partial charge is 0.490 e. The number of halogens is 3. The molecular weight excluding hydrogens is 329 g/mol. The van der Waals surface area contributed by atoms with Crippen LogP contribution in [-0.4, -0.2) is 66.3 Å². The molecular formula is C13H19F3N6O2. The lowest BCUT2D eigenvalue weighted by atomic mass is 10.3. The number of piperazine rings is 1. The number of rotatable bonds is 2. The van der Waals surface area contributed by atoms with Crippen molar-refractivity contribution >= 4 is 23.4 Å². The molecule has 1 fully saturated rings. The molecule has 0 unspecified atom stereocenters. The predicted molar refractivity (Wildman–Crippen MR) is 83.1 cm³/mol. The van der Waals surface area contributed by atoms with Gasteiger partial charge in [-0.1, -0.05) is 0 Å². The molecule has 1 aliphatic heterocycles. The molecule has 0 bridgehead atoms. The number of likely N-dealkylation sites (N-methyl/N-ethyl adjacent to an activating group) is 1. The summed E-state index contributed by atoms with van der Waals surface area (Å²) in [6.07, 6.45) is -3.27. The van der Waals surface area contributed by atoms with Crippen LogP contribution >= 0.6 is 0 Å². The summed E-state index contributed by atoms with van der Waals surface area (Å²) in [4.78, 5) is 21.6. The number of carbonyl (C=O) groups is 1. The van der Waals surface area contributed by atoms with E-state index in [0.717, 1.165) is 31.9 Å². The molecule has 2 rings (SSSR count). The summed E-state index contributed by atoms with van der Waals surface area (Å²) in [6, 6.07) is 3.83. The van der Waals surface area contributed by atoms with Crippen molar-refractivity contribution in [2.75, 3.05) is 38.1 Å². The van der Waals surface area contributed by atoms with E-state index in [1.54, 1.807) is 0 Å². The number of alkyl halides is 3. The number of carboxylic acid groups (broad SMARTS) is 1. The minimum atomic E-state index is -5.08. The Morgan fingerprint density at radius 2 is 1.79 bits per heavy atom. The summed E-state index contributed by atoms with van der Waals surface area (Å²) in [5.74, 6) is -2.18. The van der Waals surface area contributed by atoms with E-state index in [4.69, 9.17) is 21.4 Å². The van der Waals surface area contributed by atoms with Crippen molar-refractivity contribution < 1.29 is 23.1 Å². The minimum absolute atomic E-state index is 0.0323. The fourth-order valence-corrected chi connectivity index (χ4v) is 1.83. The van der Waals surface area contributed by atoms with Crippen molar-refractivity contribution in [1.29, 1.82) is 0 Å². The van der Waals surface area contributed by atoms with E-state index in [2.05, 4.69) is 26.8 Å². The lowest BCUT2D eigenvalue weighted by molar-refractivity contribution is -0.192. The minimum Gasteiger partial charge on any atom is -0.475 e. The van der Waals surface area contributed by atoms with E-state index >= 15 is 0 Å². The summed E-state index contributed by atoms with van der Waals surface area (Å²) in [6.45, 7) is 4.21. The standard InChI is InChI=1S/C11H18N6.C2HF3O2/c1-16-4-6-17(7-5-16)9-2-3-10(14-8-9)15-11(12)13;3-2(4,5)1(6)7/h2-3,8H,4-7H2,1H3,(H4,12,13,14,15);(H,6,7). The number of aliphatic imine (C=N–C) groups is 1. The fourth-order valence-electron chi connectivity index (χ4n) is 1.83. The topological polar surface area (TPSA) is 121 Å². The van der Waals surface area contributed by atoms with Crippen molar-refractivity contribution in [1.82, 2.24) is 9.88 Å². The highest BCUT2D eigenvalue weighted by molar-refractivity contribution is 5.78. The van der Waals surface area contributed by atoms with Gasteiger partial charge >= 0.3 is 12.1 Å². The Kier molecular flexibility index (Phi) is 6.77. The van der Waals surface area contributed by atoms with Gasteiger partial charge in [-0.3, -0.25) is 0 Å². The molecule has 0 aromatic carbocycles. The fraction of sp³-hybridized carbons (Fsp3) is 0.462. The Balaban J connectivity index is 0.000000351. The van der Waals surface area contributed by atoms with Crippen LogP contribution in [0.25, 0.3) is 0 Å². The van der Waals surface area contributed by atoms with Crippen LogP contribution in [0.2, 0.25) is 0 Å². The van der Waals surface area contributed by atoms with Crippen LogP contribution in [0.15, 0.2) is 23.3 Å². The third kappa shape index (κ3) is 6.69. The molecule has 0 amide bonds. The maximum absolute atomic E-state index is 10.6. The predicted octanol–water partition coefficient (Wildman–Crippen LogP) is 0.372. The third-order valence-corrected chi connectivity index (χ3v) is 3.09. The third-order valence-electron chi connectivity index (χ3n) is 3.09. The number of nitrogens with zero attached hydrogens (tertiary/aromatic N) is 4. The van der Waals surface area contributed by atoms with Crippen LogP contribution in [0.3, 0.4) is 0 Å². The van der Waals surface area contributed by atoms with Gasteiger partial charge in [-0.05, 0) is 19.2 Å². The summed E-state index contributed by atoms with van der Waals surface area (Å²) in [5.41, 5.74) is 11.7. The molecule has 0 saturated carbocycles. The van der Waals surface area contributed by atoms with E-state index in [9.17, 15) is 13.2 Å². The van der Waals surface area contributed by atoms with Gasteiger partial charge in [-0.25, -0.2) is 9.78 Å². The van der Waals surface area contributed by atoms with Gasteiger partial charge in [-0.2, -0.15) is 18.2 Å². The molecule has 2 heterocycles. The molecule has 134 valence electrons. The zero-order chi connectivity index (χ0) is 18.3. The molecule has 8 nitrogen and oxygen atoms in total. The molecule has 11 heteroatoms.